The summed E-state index contributed by atoms with van der Waals surface area (Å²) in [6.07, 6.45) is 5.64. The van der Waals surface area contributed by atoms with Gasteiger partial charge in [0.25, 0.3) is 5.91 Å². The third-order valence-corrected chi connectivity index (χ3v) is 7.13. The van der Waals surface area contributed by atoms with Crippen molar-refractivity contribution in [2.24, 2.45) is 0 Å². The van der Waals surface area contributed by atoms with Gasteiger partial charge in [-0.1, -0.05) is 17.7 Å². The zero-order valence-electron chi connectivity index (χ0n) is 21.4. The van der Waals surface area contributed by atoms with Crippen LogP contribution in [0.4, 0.5) is 18.9 Å². The Labute approximate surface area is 222 Å². The van der Waals surface area contributed by atoms with Gasteiger partial charge in [-0.05, 0) is 55.2 Å². The van der Waals surface area contributed by atoms with Crippen molar-refractivity contribution in [3.8, 4) is 11.1 Å². The van der Waals surface area contributed by atoms with Crippen LogP contribution in [0.3, 0.4) is 0 Å². The van der Waals surface area contributed by atoms with Crippen molar-refractivity contribution in [1.29, 1.82) is 0 Å². The summed E-state index contributed by atoms with van der Waals surface area (Å²) in [5.41, 5.74) is 2.83. The second-order valence-corrected chi connectivity index (χ2v) is 9.74. The van der Waals surface area contributed by atoms with Gasteiger partial charge in [0.2, 0.25) is 0 Å². The molecule has 0 atom stereocenters. The van der Waals surface area contributed by atoms with Crippen LogP contribution in [0.15, 0.2) is 67.6 Å². The standard InChI is InChI=1S/C29H25F3N6O/c1-3-37-16-25(27(35-37)29(30,31)32)23-11-19(15-36-9-7-33-17-36)12-24-21(23)6-8-38(28(24)39)26-14-34-13-20-5-4-18(2)10-22(20)26/h4-5,7,9-14,16-17H,3,6,8,15H2,1-2H3. The van der Waals surface area contributed by atoms with E-state index in [1.54, 1.807) is 55.1 Å². The molecule has 10 heteroatoms. The van der Waals surface area contributed by atoms with Gasteiger partial charge < -0.3 is 9.47 Å². The van der Waals surface area contributed by atoms with Crippen LogP contribution < -0.4 is 4.90 Å². The first-order valence-corrected chi connectivity index (χ1v) is 12.7. The first-order chi connectivity index (χ1) is 18.7. The lowest BCUT2D eigenvalue weighted by Crippen LogP contribution is -2.38. The van der Waals surface area contributed by atoms with E-state index in [1.807, 2.05) is 29.7 Å². The first kappa shape index (κ1) is 24.8. The summed E-state index contributed by atoms with van der Waals surface area (Å²) in [7, 11) is 0. The number of alkyl halides is 3. The highest BCUT2D eigenvalue weighted by molar-refractivity contribution is 6.13. The monoisotopic (exact) mass is 530 g/mol. The highest BCUT2D eigenvalue weighted by atomic mass is 19.4. The number of benzene rings is 2. The van der Waals surface area contributed by atoms with Crippen molar-refractivity contribution in [3.63, 3.8) is 0 Å². The average Bonchev–Trinajstić information content (AvgIpc) is 3.59. The Morgan fingerprint density at radius 3 is 2.59 bits per heavy atom. The van der Waals surface area contributed by atoms with Crippen molar-refractivity contribution in [2.75, 3.05) is 11.4 Å². The highest BCUT2D eigenvalue weighted by Gasteiger charge is 2.39. The largest absolute Gasteiger partial charge is 0.435 e. The maximum absolute atomic E-state index is 14.1. The van der Waals surface area contributed by atoms with E-state index in [0.717, 1.165) is 16.3 Å². The zero-order chi connectivity index (χ0) is 27.3. The summed E-state index contributed by atoms with van der Waals surface area (Å²) >= 11 is 0. The number of pyridine rings is 1. The van der Waals surface area contributed by atoms with Crippen molar-refractivity contribution >= 4 is 22.4 Å². The lowest BCUT2D eigenvalue weighted by Gasteiger charge is -2.31. The number of aromatic nitrogens is 5. The predicted octanol–water partition coefficient (Wildman–Crippen LogP) is 5.89. The van der Waals surface area contributed by atoms with Crippen molar-refractivity contribution in [1.82, 2.24) is 24.3 Å². The van der Waals surface area contributed by atoms with Crippen LogP contribution in [0.1, 0.15) is 39.7 Å². The summed E-state index contributed by atoms with van der Waals surface area (Å²) in [6.45, 7) is 4.69. The number of nitrogens with zero attached hydrogens (tertiary/aromatic N) is 6. The predicted molar refractivity (Wildman–Crippen MR) is 142 cm³/mol. The molecule has 0 N–H and O–H groups in total. The molecule has 1 amide bonds. The molecule has 7 nitrogen and oxygen atoms in total. The third kappa shape index (κ3) is 4.45. The van der Waals surface area contributed by atoms with E-state index in [4.69, 9.17) is 0 Å². The molecule has 1 aliphatic rings. The Kier molecular flexibility index (Phi) is 5.97. The van der Waals surface area contributed by atoms with Crippen LogP contribution in [0.2, 0.25) is 0 Å². The number of hydrogen-bond acceptors (Lipinski definition) is 4. The summed E-state index contributed by atoms with van der Waals surface area (Å²) in [6, 6.07) is 9.51. The number of imidazole rings is 1. The van der Waals surface area contributed by atoms with Crippen LogP contribution in [0, 0.1) is 6.92 Å². The fourth-order valence-electron chi connectivity index (χ4n) is 5.28. The summed E-state index contributed by atoms with van der Waals surface area (Å²) < 4.78 is 45.4. The number of halogens is 3. The van der Waals surface area contributed by atoms with Gasteiger partial charge in [-0.15, -0.1) is 0 Å². The van der Waals surface area contributed by atoms with E-state index in [0.29, 0.717) is 54.0 Å². The molecule has 2 aromatic carbocycles. The molecule has 0 radical (unpaired) electrons. The van der Waals surface area contributed by atoms with Crippen LogP contribution in [-0.4, -0.2) is 36.8 Å². The van der Waals surface area contributed by atoms with E-state index < -0.39 is 11.9 Å². The molecule has 198 valence electrons. The Bertz CT molecular complexity index is 1700. The number of fused-ring (bicyclic) bond motifs is 2. The number of aryl methyl sites for hydroxylation is 2. The number of rotatable bonds is 5. The second kappa shape index (κ2) is 9.37. The lowest BCUT2D eigenvalue weighted by atomic mass is 9.88. The molecule has 0 fully saturated rings. The van der Waals surface area contributed by atoms with E-state index in [2.05, 4.69) is 15.1 Å². The normalized spacial score (nSPS) is 13.8. The maximum Gasteiger partial charge on any atom is 0.435 e. The Morgan fingerprint density at radius 2 is 1.85 bits per heavy atom. The quantitative estimate of drug-likeness (QED) is 0.284. The van der Waals surface area contributed by atoms with E-state index in [1.165, 1.54) is 10.9 Å². The number of amides is 1. The molecule has 0 unspecified atom stereocenters. The van der Waals surface area contributed by atoms with Crippen LogP contribution in [0.5, 0.6) is 0 Å². The average molecular weight is 531 g/mol. The van der Waals surface area contributed by atoms with Gasteiger partial charge in [-0.3, -0.25) is 14.5 Å². The molecule has 0 saturated heterocycles. The fourth-order valence-corrected chi connectivity index (χ4v) is 5.28. The van der Waals surface area contributed by atoms with Gasteiger partial charge in [0.15, 0.2) is 5.69 Å². The summed E-state index contributed by atoms with van der Waals surface area (Å²) in [5.74, 6) is -0.266. The Hall–Kier alpha value is -4.47. The second-order valence-electron chi connectivity index (χ2n) is 9.74. The lowest BCUT2D eigenvalue weighted by molar-refractivity contribution is -0.141. The molecule has 6 rings (SSSR count). The molecule has 0 spiro atoms. The fraction of sp³-hybridized carbons (Fsp3) is 0.241. The first-order valence-electron chi connectivity index (χ1n) is 12.7. The van der Waals surface area contributed by atoms with Gasteiger partial charge in [-0.2, -0.15) is 18.3 Å². The van der Waals surface area contributed by atoms with Crippen LogP contribution >= 0.6 is 0 Å². The minimum atomic E-state index is -4.64. The minimum absolute atomic E-state index is 0.0169. The van der Waals surface area contributed by atoms with Gasteiger partial charge >= 0.3 is 6.18 Å². The zero-order valence-corrected chi connectivity index (χ0v) is 21.4. The molecule has 0 saturated carbocycles. The molecular formula is C29H25F3N6O. The van der Waals surface area contributed by atoms with Gasteiger partial charge in [0, 0.05) is 66.3 Å². The number of carbonyl (C=O) groups is 1. The topological polar surface area (TPSA) is 68.8 Å². The highest BCUT2D eigenvalue weighted by Crippen LogP contribution is 2.41. The minimum Gasteiger partial charge on any atom is -0.333 e. The summed E-state index contributed by atoms with van der Waals surface area (Å²) in [4.78, 5) is 24.2. The van der Waals surface area contributed by atoms with Gasteiger partial charge in [0.05, 0.1) is 18.2 Å². The SMILES string of the molecule is CCn1cc(-c2cc(Cn3ccnc3)cc3c2CCN(c2cncc4ccc(C)cc24)C3=O)c(C(F)(F)F)n1. The molecule has 0 aliphatic carbocycles. The van der Waals surface area contributed by atoms with Crippen LogP contribution in [0.25, 0.3) is 21.9 Å². The molecular weight excluding hydrogens is 505 g/mol. The van der Waals surface area contributed by atoms with E-state index in [9.17, 15) is 18.0 Å². The van der Waals surface area contributed by atoms with Crippen molar-refractivity contribution in [3.05, 3.63) is 95.6 Å². The van der Waals surface area contributed by atoms with Crippen molar-refractivity contribution < 1.29 is 18.0 Å². The molecule has 4 heterocycles. The van der Waals surface area contributed by atoms with Gasteiger partial charge in [-0.25, -0.2) is 4.98 Å². The number of anilines is 1. The number of carbonyl (C=O) groups excluding carboxylic acids is 1. The van der Waals surface area contributed by atoms with Crippen molar-refractivity contribution in [2.45, 2.75) is 39.5 Å². The molecule has 5 aromatic rings. The molecule has 1 aliphatic heterocycles. The molecule has 0 bridgehead atoms. The Morgan fingerprint density at radius 1 is 1.03 bits per heavy atom. The molecule has 3 aromatic heterocycles. The maximum atomic E-state index is 14.1. The number of hydrogen-bond donors (Lipinski definition) is 0. The molecule has 39 heavy (non-hydrogen) atoms. The van der Waals surface area contributed by atoms with Gasteiger partial charge in [0.1, 0.15) is 0 Å². The summed E-state index contributed by atoms with van der Waals surface area (Å²) in [5, 5.41) is 5.64. The Balaban J connectivity index is 1.53. The van der Waals surface area contributed by atoms with E-state index in [-0.39, 0.29) is 11.5 Å². The van der Waals surface area contributed by atoms with Crippen LogP contribution in [-0.2, 0) is 25.7 Å². The van der Waals surface area contributed by atoms with E-state index >= 15 is 0 Å². The smallest absolute Gasteiger partial charge is 0.333 e. The third-order valence-electron chi connectivity index (χ3n) is 7.13.